The summed E-state index contributed by atoms with van der Waals surface area (Å²) in [4.78, 5) is 190. The van der Waals surface area contributed by atoms with Crippen molar-refractivity contribution < 1.29 is 106 Å². The van der Waals surface area contributed by atoms with Crippen molar-refractivity contribution in [2.75, 3.05) is 52.4 Å². The van der Waals surface area contributed by atoms with Gasteiger partial charge >= 0.3 is 5.97 Å². The molecular formula is C68H89F2N11O21. The number of hydrogen-bond donors (Lipinski definition) is 10. The smallest absolute Gasteiger partial charge is 0.345 e. The molecule has 7 rings (SSSR count). The van der Waals surface area contributed by atoms with E-state index in [1.54, 1.807) is 24.3 Å². The molecule has 4 aliphatic heterocycles. The summed E-state index contributed by atoms with van der Waals surface area (Å²) < 4.78 is 29.9. The summed E-state index contributed by atoms with van der Waals surface area (Å²) in [5.41, 5.74) is 17.7. The van der Waals surface area contributed by atoms with Crippen LogP contribution in [0.5, 0.6) is 17.2 Å². The van der Waals surface area contributed by atoms with Crippen LogP contribution >= 0.6 is 0 Å². The number of likely N-dealkylation sites (tertiary alicyclic amines) is 4. The molecular weight excluding hydrogens is 1340 g/mol. The van der Waals surface area contributed by atoms with Gasteiger partial charge in [0.05, 0.1) is 55.4 Å². The number of ether oxygens (including phenoxy) is 1. The standard InChI is InChI=1S/C31H42FN5O9.C28H39N5O8.C9H8FNO4/c1-17(10-22(39)14-34-30(45)18(2)32)29(44)35-15-27(42)37-16-23(40)13-25(37)31(46)36-9-3-4-24(36)26(41)12-20(28(33)43)11-19-5-7-21(38)8-6-19;1-16(9-20(35)13-29)27(40)31-14-25(38)33-15-21(36)12-23(33)28(41)32-8-2-3-22(32)24(37)11-18(26(30)39)10-17-4-6-19(34)7-5-17;1-6(10)9(12)15-8-4-2-7(3-5-8)11(13)14/h5-8,17-18,20,23-25,38,40H,3-4,9-16H2,1-2H3,(H2,33,43)(H,34,45)(H,35,44);4-7,16,18,21-23,34,36H,2-3,8-15,29H2,1H3,(H2,30,39)(H,31,40);2-6H,1H3/t17?,18?,20?,23-,24?,25?;16?,18?,21-,22?,23?;/m00./s1/i32-1;;10-1. The van der Waals surface area contributed by atoms with E-state index in [4.69, 9.17) is 17.2 Å². The van der Waals surface area contributed by atoms with Gasteiger partial charge in [0.1, 0.15) is 35.1 Å². The lowest BCUT2D eigenvalue weighted by atomic mass is 9.91. The number of primary amides is 2. The van der Waals surface area contributed by atoms with E-state index in [1.165, 1.54) is 77.1 Å². The Kier molecular flexibility index (Phi) is 31.6. The molecule has 10 unspecified atom stereocenters. The number of non-ortho nitro benzene ring substituents is 1. The van der Waals surface area contributed by atoms with Crippen molar-refractivity contribution in [1.82, 2.24) is 35.6 Å². The largest absolute Gasteiger partial charge is 0.508 e. The van der Waals surface area contributed by atoms with Crippen molar-refractivity contribution in [2.24, 2.45) is 40.9 Å². The number of halogens is 2. The van der Waals surface area contributed by atoms with Gasteiger partial charge in [-0.3, -0.25) is 72.4 Å². The van der Waals surface area contributed by atoms with Gasteiger partial charge in [0.15, 0.2) is 29.7 Å². The number of phenolic OH excluding ortho intramolecular Hbond substituents is 2. The Labute approximate surface area is 585 Å². The number of esters is 1. The topological polar surface area (TPSA) is 499 Å². The molecule has 34 heteroatoms. The van der Waals surface area contributed by atoms with E-state index in [9.17, 15) is 106 Å². The number of aliphatic hydroxyl groups is 2. The first-order valence-electron chi connectivity index (χ1n) is 33.2. The van der Waals surface area contributed by atoms with E-state index in [0.29, 0.717) is 31.2 Å². The van der Waals surface area contributed by atoms with Crippen LogP contribution in [0.25, 0.3) is 0 Å². The number of Topliss-reactive ketones (excluding diaryl/α,β-unsaturated/α-hetero) is 4. The Morgan fingerprint density at radius 1 is 0.549 bits per heavy atom. The molecule has 4 heterocycles. The van der Waals surface area contributed by atoms with Gasteiger partial charge in [-0.15, -0.1) is 0 Å². The number of nitrogens with zero attached hydrogens (tertiary/aromatic N) is 5. The number of alkyl halides is 2. The summed E-state index contributed by atoms with van der Waals surface area (Å²) in [6.45, 7) is 3.77. The lowest BCUT2D eigenvalue weighted by Gasteiger charge is -2.31. The molecule has 3 aromatic carbocycles. The van der Waals surface area contributed by atoms with Crippen LogP contribution in [0, 0.1) is 33.8 Å². The summed E-state index contributed by atoms with van der Waals surface area (Å²) in [7, 11) is 0. The Morgan fingerprint density at radius 2 is 0.941 bits per heavy atom. The van der Waals surface area contributed by atoms with E-state index in [0.717, 1.165) is 24.3 Å². The molecule has 32 nitrogen and oxygen atoms in total. The highest BCUT2D eigenvalue weighted by Gasteiger charge is 2.47. The highest BCUT2D eigenvalue weighted by molar-refractivity contribution is 5.98. The van der Waals surface area contributed by atoms with Crippen LogP contribution < -0.4 is 37.9 Å². The van der Waals surface area contributed by atoms with Crippen LogP contribution in [0.1, 0.15) is 103 Å². The molecule has 9 amide bonds. The van der Waals surface area contributed by atoms with E-state index < -0.39 is 162 Å². The first-order valence-corrected chi connectivity index (χ1v) is 33.2. The van der Waals surface area contributed by atoms with Gasteiger partial charge in [0.25, 0.3) is 11.6 Å². The number of β-amino-alcohol motifs (C(OH)–C–C–N with tert-alkyl or cyclic N) is 2. The van der Waals surface area contributed by atoms with Crippen LogP contribution in [0.3, 0.4) is 0 Å². The van der Waals surface area contributed by atoms with Gasteiger partial charge in [0.2, 0.25) is 47.3 Å². The summed E-state index contributed by atoms with van der Waals surface area (Å²) in [6.07, 6.45) is -4.02. The van der Waals surface area contributed by atoms with E-state index >= 15 is 0 Å². The van der Waals surface area contributed by atoms with Crippen molar-refractivity contribution >= 4 is 88.0 Å². The number of amides is 9. The number of nitrogens with two attached hydrogens (primary N) is 3. The number of nitro benzene ring substituents is 1. The molecule has 556 valence electrons. The normalized spacial score (nSPS) is 20.1. The molecule has 0 aromatic heterocycles. The molecule has 13 N–H and O–H groups in total. The molecule has 0 spiro atoms. The third-order valence-electron chi connectivity index (χ3n) is 17.6. The molecule has 4 saturated heterocycles. The maximum atomic E-state index is 13.7. The van der Waals surface area contributed by atoms with Crippen molar-refractivity contribution in [3.8, 4) is 17.2 Å². The van der Waals surface area contributed by atoms with Gasteiger partial charge in [0, 0.05) is 101 Å². The highest BCUT2D eigenvalue weighted by atomic mass is 18.2. The minimum absolute atomic E-state index is 0.0118. The molecule has 0 saturated carbocycles. The molecule has 4 fully saturated rings. The van der Waals surface area contributed by atoms with Crippen molar-refractivity contribution in [3.05, 3.63) is 94.0 Å². The number of nitrogens with one attached hydrogen (secondary N) is 3. The summed E-state index contributed by atoms with van der Waals surface area (Å²) >= 11 is 0. The van der Waals surface area contributed by atoms with E-state index in [1.807, 2.05) is 0 Å². The molecule has 0 aliphatic carbocycles. The quantitative estimate of drug-likeness (QED) is 0.0170. The number of carbonyl (C=O) groups is 14. The fourth-order valence-corrected chi connectivity index (χ4v) is 12.0. The zero-order chi connectivity index (χ0) is 75.8. The molecule has 3 aromatic rings. The predicted octanol–water partition coefficient (Wildman–Crippen LogP) is -0.390. The van der Waals surface area contributed by atoms with Crippen LogP contribution in [0.15, 0.2) is 72.8 Å². The second-order valence-corrected chi connectivity index (χ2v) is 25.6. The van der Waals surface area contributed by atoms with Crippen LogP contribution in [0.4, 0.5) is 14.5 Å². The highest BCUT2D eigenvalue weighted by Crippen LogP contribution is 2.31. The van der Waals surface area contributed by atoms with Gasteiger partial charge in [-0.2, -0.15) is 0 Å². The van der Waals surface area contributed by atoms with Crippen molar-refractivity contribution in [2.45, 2.75) is 153 Å². The fourth-order valence-electron chi connectivity index (χ4n) is 12.0. The molecule has 4 aliphatic rings. The van der Waals surface area contributed by atoms with Gasteiger partial charge < -0.3 is 77.9 Å². The second-order valence-electron chi connectivity index (χ2n) is 25.6. The Hall–Kier alpha value is -10.2. The third-order valence-corrected chi connectivity index (χ3v) is 17.6. The Morgan fingerprint density at radius 3 is 1.30 bits per heavy atom. The lowest BCUT2D eigenvalue weighted by Crippen LogP contribution is -2.53. The fraction of sp³-hybridized carbons (Fsp3) is 0.529. The monoisotopic (exact) mass is 1430 g/mol. The number of benzene rings is 3. The number of nitro groups is 1. The molecule has 0 bridgehead atoms. The number of rotatable bonds is 31. The summed E-state index contributed by atoms with van der Waals surface area (Å²) in [6, 6.07) is 13.5. The maximum Gasteiger partial charge on any atom is 0.345 e. The van der Waals surface area contributed by atoms with E-state index in [2.05, 4.69) is 20.7 Å². The minimum Gasteiger partial charge on any atom is -0.508 e. The number of phenols is 2. The number of aliphatic hydroxyl groups excluding tert-OH is 2. The zero-order valence-corrected chi connectivity index (χ0v) is 57.0. The van der Waals surface area contributed by atoms with Gasteiger partial charge in [-0.1, -0.05) is 38.1 Å². The molecule has 0 radical (unpaired) electrons. The third kappa shape index (κ3) is 24.8. The number of carbonyl (C=O) groups excluding carboxylic acids is 14. The van der Waals surface area contributed by atoms with E-state index in [-0.39, 0.29) is 124 Å². The average molecular weight is 1430 g/mol. The number of hydrogen-bond acceptors (Lipinski definition) is 22. The van der Waals surface area contributed by atoms with Crippen LogP contribution in [0.2, 0.25) is 0 Å². The second kappa shape index (κ2) is 39.1. The minimum atomic E-state index is -1.78. The maximum absolute atomic E-state index is 13.7. The Balaban J connectivity index is 0.000000306. The summed E-state index contributed by atoms with van der Waals surface area (Å²) in [5, 5.41) is 56.9. The first-order chi connectivity index (χ1) is 48.1. The predicted molar refractivity (Wildman–Crippen MR) is 355 cm³/mol. The van der Waals surface area contributed by atoms with Crippen molar-refractivity contribution in [1.29, 1.82) is 0 Å². The summed E-state index contributed by atoms with van der Waals surface area (Å²) in [5.74, 6) is -11.1. The SMILES string of the molecule is CC(CC(=O)CN)C(=O)NCC(=O)N1C[C@@H](O)CC1C(=O)N1CCCC1C(=O)CC(Cc1ccc(O)cc1)C(N)=O.CC([18F])C(=O)NCC(=O)CC(C)C(=O)NCC(=O)N1C[C@@H](O)CC1C(=O)N1CCCC1C(=O)CC(Cc1ccc(O)cc1)C(N)=O.CC([18F])C(=O)Oc1ccc([N+](=O)[O-])cc1. The zero-order valence-electron chi connectivity index (χ0n) is 57.0. The van der Waals surface area contributed by atoms with Gasteiger partial charge in [-0.25, -0.2) is 13.6 Å². The number of ketones is 4. The first kappa shape index (κ1) is 82.4. The molecule has 12 atom stereocenters. The lowest BCUT2D eigenvalue weighted by molar-refractivity contribution is -0.384. The Bertz CT molecular complexity index is 3530. The van der Waals surface area contributed by atoms with Crippen molar-refractivity contribution in [3.63, 3.8) is 0 Å². The average Bonchev–Trinajstić information content (AvgIpc) is 1.65. The van der Waals surface area contributed by atoms with Gasteiger partial charge in [-0.05, 0) is 99.9 Å². The molecule has 102 heavy (non-hydrogen) atoms. The number of aromatic hydroxyl groups is 2. The van der Waals surface area contributed by atoms with Crippen LogP contribution in [-0.4, -0.2) is 228 Å². The van der Waals surface area contributed by atoms with Crippen LogP contribution in [-0.2, 0) is 80.0 Å².